The molecule has 1 atom stereocenters. The highest BCUT2D eigenvalue weighted by molar-refractivity contribution is 6.32. The zero-order valence-corrected chi connectivity index (χ0v) is 8.08. The Balaban J connectivity index is 2.74. The van der Waals surface area contributed by atoms with Gasteiger partial charge in [0.05, 0.1) is 5.02 Å². The summed E-state index contributed by atoms with van der Waals surface area (Å²) in [6.07, 6.45) is 0.238. The van der Waals surface area contributed by atoms with Crippen LogP contribution in [0, 0.1) is 11.3 Å². The summed E-state index contributed by atoms with van der Waals surface area (Å²) in [6.45, 7) is 1.89. The van der Waals surface area contributed by atoms with Crippen molar-refractivity contribution < 1.29 is 4.74 Å². The Morgan fingerprint density at radius 3 is 2.77 bits per heavy atom. The largest absolute Gasteiger partial charge is 0.474 e. The average molecular weight is 196 g/mol. The van der Waals surface area contributed by atoms with Gasteiger partial charge in [-0.15, -0.1) is 0 Å². The van der Waals surface area contributed by atoms with Crippen LogP contribution >= 0.6 is 11.6 Å². The van der Waals surface area contributed by atoms with Crippen LogP contribution in [0.3, 0.4) is 0 Å². The highest BCUT2D eigenvalue weighted by atomic mass is 35.5. The fourth-order valence-electron chi connectivity index (χ4n) is 0.895. The predicted molar refractivity (Wildman–Crippen MR) is 51.8 cm³/mol. The van der Waals surface area contributed by atoms with E-state index in [-0.39, 0.29) is 0 Å². The first-order chi connectivity index (χ1) is 6.27. The van der Waals surface area contributed by atoms with Crippen molar-refractivity contribution in [3.63, 3.8) is 0 Å². The molecule has 0 radical (unpaired) electrons. The number of hydrogen-bond acceptors (Lipinski definition) is 2. The number of ether oxygens (including phenoxy) is 1. The molecule has 1 aromatic rings. The van der Waals surface area contributed by atoms with Crippen molar-refractivity contribution in [1.82, 2.24) is 0 Å². The molecule has 0 fully saturated rings. The van der Waals surface area contributed by atoms with Gasteiger partial charge in [-0.05, 0) is 18.6 Å². The third-order valence-electron chi connectivity index (χ3n) is 1.62. The van der Waals surface area contributed by atoms with Gasteiger partial charge in [-0.3, -0.25) is 0 Å². The van der Waals surface area contributed by atoms with Crippen molar-refractivity contribution in [3.8, 4) is 11.8 Å². The molecule has 0 N–H and O–H groups in total. The second-order valence-corrected chi connectivity index (χ2v) is 2.98. The molecule has 0 spiro atoms. The molecular formula is C10H10ClNO. The quantitative estimate of drug-likeness (QED) is 0.743. The topological polar surface area (TPSA) is 33.0 Å². The summed E-state index contributed by atoms with van der Waals surface area (Å²) in [7, 11) is 0. The number of rotatable bonds is 3. The van der Waals surface area contributed by atoms with Gasteiger partial charge in [-0.1, -0.05) is 30.7 Å². The molecule has 2 nitrogen and oxygen atoms in total. The summed E-state index contributed by atoms with van der Waals surface area (Å²) in [4.78, 5) is 0. The lowest BCUT2D eigenvalue weighted by atomic mass is 10.3. The number of halogens is 1. The van der Waals surface area contributed by atoms with E-state index in [2.05, 4.69) is 0 Å². The lowest BCUT2D eigenvalue weighted by Gasteiger charge is -2.10. The molecule has 0 aliphatic rings. The normalized spacial score (nSPS) is 11.8. The van der Waals surface area contributed by atoms with Gasteiger partial charge in [0.2, 0.25) is 0 Å². The second kappa shape index (κ2) is 4.74. The van der Waals surface area contributed by atoms with E-state index < -0.39 is 6.10 Å². The molecule has 0 aromatic heterocycles. The Hall–Kier alpha value is -1.20. The molecule has 13 heavy (non-hydrogen) atoms. The van der Waals surface area contributed by atoms with Crippen LogP contribution < -0.4 is 4.74 Å². The van der Waals surface area contributed by atoms with E-state index in [9.17, 15) is 0 Å². The zero-order chi connectivity index (χ0) is 9.68. The lowest BCUT2D eigenvalue weighted by Crippen LogP contribution is -2.12. The van der Waals surface area contributed by atoms with E-state index >= 15 is 0 Å². The molecule has 0 amide bonds. The van der Waals surface area contributed by atoms with Gasteiger partial charge in [0.15, 0.2) is 6.10 Å². The molecule has 0 heterocycles. The van der Waals surface area contributed by atoms with Gasteiger partial charge in [-0.25, -0.2) is 0 Å². The summed E-state index contributed by atoms with van der Waals surface area (Å²) in [6, 6.07) is 9.18. The van der Waals surface area contributed by atoms with E-state index in [1.165, 1.54) is 0 Å². The summed E-state index contributed by atoms with van der Waals surface area (Å²) in [5.74, 6) is 0.567. The van der Waals surface area contributed by atoms with Crippen molar-refractivity contribution in [3.05, 3.63) is 29.3 Å². The van der Waals surface area contributed by atoms with Gasteiger partial charge >= 0.3 is 0 Å². The minimum absolute atomic E-state index is 0.417. The molecule has 0 saturated carbocycles. The monoisotopic (exact) mass is 195 g/mol. The maximum Gasteiger partial charge on any atom is 0.184 e. The number of benzene rings is 1. The van der Waals surface area contributed by atoms with Crippen molar-refractivity contribution >= 4 is 11.6 Å². The number of hydrogen-bond donors (Lipinski definition) is 0. The molecular weight excluding hydrogens is 186 g/mol. The highest BCUT2D eigenvalue weighted by Crippen LogP contribution is 2.24. The Morgan fingerprint density at radius 2 is 2.23 bits per heavy atom. The van der Waals surface area contributed by atoms with Gasteiger partial charge in [0.25, 0.3) is 0 Å². The van der Waals surface area contributed by atoms with Crippen molar-refractivity contribution in [2.75, 3.05) is 0 Å². The van der Waals surface area contributed by atoms with Crippen LogP contribution in [-0.4, -0.2) is 6.10 Å². The predicted octanol–water partition coefficient (Wildman–Crippen LogP) is 3.02. The lowest BCUT2D eigenvalue weighted by molar-refractivity contribution is 0.252. The van der Waals surface area contributed by atoms with Gasteiger partial charge < -0.3 is 4.74 Å². The number of nitriles is 1. The van der Waals surface area contributed by atoms with Crippen LogP contribution in [0.15, 0.2) is 24.3 Å². The van der Waals surface area contributed by atoms with Crippen LogP contribution in [0.25, 0.3) is 0 Å². The fraction of sp³-hybridized carbons (Fsp3) is 0.300. The highest BCUT2D eigenvalue weighted by Gasteiger charge is 2.07. The maximum atomic E-state index is 8.66. The Kier molecular flexibility index (Phi) is 3.60. The Morgan fingerprint density at radius 1 is 1.54 bits per heavy atom. The summed E-state index contributed by atoms with van der Waals surface area (Å²) < 4.78 is 5.35. The van der Waals surface area contributed by atoms with Crippen LogP contribution in [-0.2, 0) is 0 Å². The first-order valence-corrected chi connectivity index (χ1v) is 4.46. The van der Waals surface area contributed by atoms with Crippen molar-refractivity contribution in [1.29, 1.82) is 5.26 Å². The SMILES string of the molecule is CCC(C#N)Oc1ccccc1Cl. The van der Waals surface area contributed by atoms with E-state index in [1.807, 2.05) is 25.1 Å². The smallest absolute Gasteiger partial charge is 0.184 e. The maximum absolute atomic E-state index is 8.66. The molecule has 68 valence electrons. The van der Waals surface area contributed by atoms with Crippen LogP contribution in [0.5, 0.6) is 5.75 Å². The zero-order valence-electron chi connectivity index (χ0n) is 7.33. The second-order valence-electron chi connectivity index (χ2n) is 2.57. The average Bonchev–Trinajstić information content (AvgIpc) is 2.17. The minimum Gasteiger partial charge on any atom is -0.474 e. The van der Waals surface area contributed by atoms with Crippen molar-refractivity contribution in [2.24, 2.45) is 0 Å². The minimum atomic E-state index is -0.417. The van der Waals surface area contributed by atoms with Gasteiger partial charge in [0, 0.05) is 0 Å². The molecule has 0 saturated heterocycles. The van der Waals surface area contributed by atoms with Crippen LogP contribution in [0.4, 0.5) is 0 Å². The molecule has 3 heteroatoms. The Labute approximate surface area is 82.7 Å². The van der Waals surface area contributed by atoms with E-state index in [1.54, 1.807) is 12.1 Å². The number of para-hydroxylation sites is 1. The molecule has 1 aromatic carbocycles. The molecule has 0 aliphatic carbocycles. The first-order valence-electron chi connectivity index (χ1n) is 4.08. The van der Waals surface area contributed by atoms with Crippen molar-refractivity contribution in [2.45, 2.75) is 19.4 Å². The molecule has 0 aliphatic heterocycles. The third kappa shape index (κ3) is 2.64. The van der Waals surface area contributed by atoms with Gasteiger partial charge in [-0.2, -0.15) is 5.26 Å². The van der Waals surface area contributed by atoms with E-state index in [0.717, 1.165) is 0 Å². The summed E-state index contributed by atoms with van der Waals surface area (Å²) in [5.41, 5.74) is 0. The first kappa shape index (κ1) is 9.88. The summed E-state index contributed by atoms with van der Waals surface area (Å²) in [5, 5.41) is 9.20. The Bertz CT molecular complexity index is 319. The molecule has 0 bridgehead atoms. The van der Waals surface area contributed by atoms with Crippen LogP contribution in [0.1, 0.15) is 13.3 Å². The van der Waals surface area contributed by atoms with E-state index in [4.69, 9.17) is 21.6 Å². The van der Waals surface area contributed by atoms with Crippen LogP contribution in [0.2, 0.25) is 5.02 Å². The third-order valence-corrected chi connectivity index (χ3v) is 1.93. The summed E-state index contributed by atoms with van der Waals surface area (Å²) >= 11 is 5.85. The fourth-order valence-corrected chi connectivity index (χ4v) is 1.07. The standard InChI is InChI=1S/C10H10ClNO/c1-2-8(7-12)13-10-6-4-3-5-9(10)11/h3-6,8H,2H2,1H3. The number of nitrogens with zero attached hydrogens (tertiary/aromatic N) is 1. The molecule has 1 rings (SSSR count). The van der Waals surface area contributed by atoms with E-state index in [0.29, 0.717) is 17.2 Å². The molecule has 1 unspecified atom stereocenters. The van der Waals surface area contributed by atoms with Gasteiger partial charge in [0.1, 0.15) is 11.8 Å².